The van der Waals surface area contributed by atoms with Gasteiger partial charge in [0, 0.05) is 12.6 Å². The smallest absolute Gasteiger partial charge is 0.419 e. The highest BCUT2D eigenvalue weighted by molar-refractivity contribution is 6.32. The molecule has 5 nitrogen and oxygen atoms in total. The molecular weight excluding hydrogens is 349 g/mol. The summed E-state index contributed by atoms with van der Waals surface area (Å²) >= 11 is 0. The van der Waals surface area contributed by atoms with E-state index in [-0.39, 0.29) is 12.4 Å². The Hall–Kier alpha value is -3.03. The van der Waals surface area contributed by atoms with Crippen molar-refractivity contribution in [3.8, 4) is 5.75 Å². The summed E-state index contributed by atoms with van der Waals surface area (Å²) in [6, 6.07) is 11.7. The molecule has 0 aliphatic carbocycles. The first-order chi connectivity index (χ1) is 12.3. The number of anilines is 1. The second-order valence-electron chi connectivity index (χ2n) is 5.23. The molecular formula is C18H17F3N2O3. The summed E-state index contributed by atoms with van der Waals surface area (Å²) in [5, 5.41) is 3.41. The van der Waals surface area contributed by atoms with Crippen molar-refractivity contribution in [2.75, 3.05) is 19.1 Å². The quantitative estimate of drug-likeness (QED) is 0.576. The van der Waals surface area contributed by atoms with Crippen LogP contribution in [-0.2, 0) is 22.4 Å². The maximum Gasteiger partial charge on any atom is 0.419 e. The number of amides is 1. The van der Waals surface area contributed by atoms with Crippen LogP contribution < -0.4 is 9.64 Å². The van der Waals surface area contributed by atoms with Crippen molar-refractivity contribution in [1.82, 2.24) is 0 Å². The number of nitrogens with zero attached hydrogens (tertiary/aromatic N) is 2. The topological polar surface area (TPSA) is 51.1 Å². The number of alkyl halides is 3. The molecule has 0 unspecified atom stereocenters. The fraction of sp³-hybridized carbons (Fsp3) is 0.222. The Bertz CT molecular complexity index is 791. The highest BCUT2D eigenvalue weighted by atomic mass is 19.4. The van der Waals surface area contributed by atoms with E-state index in [4.69, 9.17) is 4.74 Å². The lowest BCUT2D eigenvalue weighted by Gasteiger charge is -2.20. The molecule has 2 rings (SSSR count). The van der Waals surface area contributed by atoms with Crippen LogP contribution in [0, 0.1) is 0 Å². The lowest BCUT2D eigenvalue weighted by Crippen LogP contribution is -2.28. The number of para-hydroxylation sites is 2. The molecule has 0 N–H and O–H groups in total. The van der Waals surface area contributed by atoms with Crippen molar-refractivity contribution in [3.63, 3.8) is 0 Å². The van der Waals surface area contributed by atoms with Gasteiger partial charge in [-0.25, -0.2) is 0 Å². The van der Waals surface area contributed by atoms with Crippen LogP contribution in [0.25, 0.3) is 0 Å². The Kier molecular flexibility index (Phi) is 6.21. The second kappa shape index (κ2) is 8.37. The largest absolute Gasteiger partial charge is 0.488 e. The van der Waals surface area contributed by atoms with E-state index in [0.29, 0.717) is 11.3 Å². The minimum Gasteiger partial charge on any atom is -0.488 e. The Morgan fingerprint density at radius 1 is 1.15 bits per heavy atom. The summed E-state index contributed by atoms with van der Waals surface area (Å²) < 4.78 is 44.5. The fourth-order valence-electron chi connectivity index (χ4n) is 2.25. The van der Waals surface area contributed by atoms with E-state index in [2.05, 4.69) is 9.99 Å². The van der Waals surface area contributed by atoms with Crippen molar-refractivity contribution in [2.24, 2.45) is 5.16 Å². The molecule has 2 aromatic carbocycles. The van der Waals surface area contributed by atoms with Crippen LogP contribution in [0.4, 0.5) is 18.9 Å². The van der Waals surface area contributed by atoms with Gasteiger partial charge in [-0.15, -0.1) is 0 Å². The molecule has 0 heterocycles. The summed E-state index contributed by atoms with van der Waals surface area (Å²) in [4.78, 5) is 17.8. The van der Waals surface area contributed by atoms with Gasteiger partial charge in [0.15, 0.2) is 0 Å². The standard InChI is InChI=1S/C18H17F3N2O3/c1-23(17(24)11-22-25-2)15-9-5-3-7-13(15)12-26-16-10-6-4-8-14(16)18(19,20)21/h3-11H,12H2,1-2H3. The number of rotatable bonds is 6. The van der Waals surface area contributed by atoms with Crippen LogP contribution >= 0.6 is 0 Å². The van der Waals surface area contributed by atoms with Gasteiger partial charge in [-0.1, -0.05) is 35.5 Å². The average molecular weight is 366 g/mol. The molecule has 0 atom stereocenters. The maximum atomic E-state index is 13.0. The first kappa shape index (κ1) is 19.3. The van der Waals surface area contributed by atoms with Crippen LogP contribution in [0.15, 0.2) is 53.7 Å². The van der Waals surface area contributed by atoms with Gasteiger partial charge in [-0.2, -0.15) is 13.2 Å². The van der Waals surface area contributed by atoms with Crippen molar-refractivity contribution in [2.45, 2.75) is 12.8 Å². The molecule has 138 valence electrons. The van der Waals surface area contributed by atoms with Crippen LogP contribution in [0.5, 0.6) is 5.75 Å². The van der Waals surface area contributed by atoms with Crippen molar-refractivity contribution < 1.29 is 27.5 Å². The molecule has 0 fully saturated rings. The zero-order chi connectivity index (χ0) is 19.2. The number of halogens is 3. The minimum absolute atomic E-state index is 0.137. The van der Waals surface area contributed by atoms with Gasteiger partial charge in [0.25, 0.3) is 5.91 Å². The van der Waals surface area contributed by atoms with E-state index in [1.165, 1.54) is 37.3 Å². The highest BCUT2D eigenvalue weighted by Gasteiger charge is 2.34. The predicted octanol–water partition coefficient (Wildman–Crippen LogP) is 3.88. The molecule has 2 aromatic rings. The first-order valence-corrected chi connectivity index (χ1v) is 7.55. The van der Waals surface area contributed by atoms with Crippen LogP contribution in [0.3, 0.4) is 0 Å². The summed E-state index contributed by atoms with van der Waals surface area (Å²) in [7, 11) is 2.83. The summed E-state index contributed by atoms with van der Waals surface area (Å²) in [5.41, 5.74) is 0.185. The van der Waals surface area contributed by atoms with Gasteiger partial charge in [0.1, 0.15) is 25.7 Å². The fourth-order valence-corrected chi connectivity index (χ4v) is 2.25. The van der Waals surface area contributed by atoms with Gasteiger partial charge in [0.05, 0.1) is 11.3 Å². The molecule has 0 aliphatic rings. The third kappa shape index (κ3) is 4.75. The summed E-state index contributed by atoms with van der Waals surface area (Å²) in [5.74, 6) is -0.722. The predicted molar refractivity (Wildman–Crippen MR) is 91.1 cm³/mol. The number of carbonyl (C=O) groups excluding carboxylic acids is 1. The van der Waals surface area contributed by atoms with E-state index in [9.17, 15) is 18.0 Å². The molecule has 1 amide bonds. The Balaban J connectivity index is 2.22. The van der Waals surface area contributed by atoms with E-state index >= 15 is 0 Å². The Labute approximate surface area is 148 Å². The molecule has 0 aliphatic heterocycles. The number of benzene rings is 2. The number of hydrogen-bond donors (Lipinski definition) is 0. The molecule has 0 saturated heterocycles. The third-order valence-electron chi connectivity index (χ3n) is 3.53. The monoisotopic (exact) mass is 366 g/mol. The molecule has 0 radical (unpaired) electrons. The molecule has 8 heteroatoms. The number of oxime groups is 1. The summed E-state index contributed by atoms with van der Waals surface area (Å²) in [6.07, 6.45) is -3.52. The second-order valence-corrected chi connectivity index (χ2v) is 5.23. The SMILES string of the molecule is CON=CC(=O)N(C)c1ccccc1COc1ccccc1C(F)(F)F. The van der Waals surface area contributed by atoms with Crippen LogP contribution in [-0.4, -0.2) is 26.3 Å². The van der Waals surface area contributed by atoms with E-state index in [0.717, 1.165) is 12.3 Å². The van der Waals surface area contributed by atoms with E-state index < -0.39 is 17.6 Å². The molecule has 26 heavy (non-hydrogen) atoms. The van der Waals surface area contributed by atoms with E-state index in [1.807, 2.05) is 0 Å². The molecule has 0 saturated carbocycles. The van der Waals surface area contributed by atoms with Gasteiger partial charge in [-0.3, -0.25) is 4.79 Å². The first-order valence-electron chi connectivity index (χ1n) is 7.55. The van der Waals surface area contributed by atoms with Crippen LogP contribution in [0.1, 0.15) is 11.1 Å². The third-order valence-corrected chi connectivity index (χ3v) is 3.53. The number of hydrogen-bond acceptors (Lipinski definition) is 4. The molecule has 0 aromatic heterocycles. The van der Waals surface area contributed by atoms with Crippen molar-refractivity contribution >= 4 is 17.8 Å². The number of ether oxygens (including phenoxy) is 1. The van der Waals surface area contributed by atoms with Gasteiger partial charge < -0.3 is 14.5 Å². The minimum atomic E-state index is -4.51. The van der Waals surface area contributed by atoms with Gasteiger partial charge in [-0.05, 0) is 18.2 Å². The Morgan fingerprint density at radius 2 is 1.81 bits per heavy atom. The normalized spacial score (nSPS) is 11.4. The lowest BCUT2D eigenvalue weighted by molar-refractivity contribution is -0.139. The zero-order valence-corrected chi connectivity index (χ0v) is 14.2. The highest BCUT2D eigenvalue weighted by Crippen LogP contribution is 2.36. The van der Waals surface area contributed by atoms with Gasteiger partial charge in [0.2, 0.25) is 0 Å². The molecule has 0 bridgehead atoms. The summed E-state index contributed by atoms with van der Waals surface area (Å²) in [6.45, 7) is -0.137. The van der Waals surface area contributed by atoms with E-state index in [1.54, 1.807) is 24.3 Å². The van der Waals surface area contributed by atoms with Crippen molar-refractivity contribution in [3.05, 3.63) is 59.7 Å². The molecule has 0 spiro atoms. The van der Waals surface area contributed by atoms with Crippen molar-refractivity contribution in [1.29, 1.82) is 0 Å². The zero-order valence-electron chi connectivity index (χ0n) is 14.2. The lowest BCUT2D eigenvalue weighted by atomic mass is 10.1. The average Bonchev–Trinajstić information content (AvgIpc) is 2.63. The van der Waals surface area contributed by atoms with Gasteiger partial charge >= 0.3 is 6.18 Å². The Morgan fingerprint density at radius 3 is 2.50 bits per heavy atom. The van der Waals surface area contributed by atoms with Crippen LogP contribution in [0.2, 0.25) is 0 Å². The number of carbonyl (C=O) groups is 1. The maximum absolute atomic E-state index is 13.0.